The lowest BCUT2D eigenvalue weighted by atomic mass is 9.92. The number of carbonyl (C=O) groups excluding carboxylic acids is 1. The number of carbonyl (C=O) groups is 1. The normalized spacial score (nSPS) is 26.2. The second-order valence-corrected chi connectivity index (χ2v) is 6.18. The molecule has 1 unspecified atom stereocenters. The van der Waals surface area contributed by atoms with E-state index in [2.05, 4.69) is 19.2 Å². The van der Waals surface area contributed by atoms with Crippen molar-refractivity contribution < 1.29 is 14.1 Å². The van der Waals surface area contributed by atoms with E-state index in [0.29, 0.717) is 24.9 Å². The second kappa shape index (κ2) is 6.84. The predicted octanol–water partition coefficient (Wildman–Crippen LogP) is 1.00. The van der Waals surface area contributed by atoms with Crippen LogP contribution in [0.5, 0.6) is 0 Å². The molecule has 4 heteroatoms. The zero-order valence-corrected chi connectivity index (χ0v) is 12.3. The monoisotopic (exact) mass is 279 g/mol. The molecule has 0 spiro atoms. The molecule has 0 aliphatic carbocycles. The molecule has 1 saturated heterocycles. The number of piperidine rings is 1. The van der Waals surface area contributed by atoms with Crippen molar-refractivity contribution in [1.82, 2.24) is 5.32 Å². The topological polar surface area (TPSA) is 33.5 Å². The molecule has 1 aliphatic rings. The highest BCUT2D eigenvalue weighted by atomic mass is 19.1. The third-order valence-electron chi connectivity index (χ3n) is 3.89. The Bertz CT molecular complexity index is 436. The van der Waals surface area contributed by atoms with E-state index in [-0.39, 0.29) is 11.7 Å². The molecule has 1 heterocycles. The van der Waals surface area contributed by atoms with E-state index in [9.17, 15) is 9.18 Å². The van der Waals surface area contributed by atoms with Crippen molar-refractivity contribution in [3.8, 4) is 0 Å². The first-order valence-electron chi connectivity index (χ1n) is 7.37. The summed E-state index contributed by atoms with van der Waals surface area (Å²) in [5.41, 5.74) is 0.926. The van der Waals surface area contributed by atoms with E-state index in [1.807, 2.05) is 0 Å². The maximum Gasteiger partial charge on any atom is 0.275 e. The largest absolute Gasteiger partial charge is 0.347 e. The average molecular weight is 279 g/mol. The summed E-state index contributed by atoms with van der Waals surface area (Å²) in [6.07, 6.45) is 1.26. The van der Waals surface area contributed by atoms with E-state index in [1.54, 1.807) is 12.1 Å². The van der Waals surface area contributed by atoms with Gasteiger partial charge in [-0.05, 0) is 24.1 Å². The van der Waals surface area contributed by atoms with Crippen molar-refractivity contribution in [2.24, 2.45) is 11.8 Å². The number of likely N-dealkylation sites (tertiary alicyclic amines) is 1. The van der Waals surface area contributed by atoms with Gasteiger partial charge < -0.3 is 10.2 Å². The second-order valence-electron chi connectivity index (χ2n) is 6.18. The molecular weight excluding hydrogens is 255 g/mol. The minimum atomic E-state index is -0.249. The Morgan fingerprint density at radius 1 is 1.25 bits per heavy atom. The maximum absolute atomic E-state index is 12.8. The van der Waals surface area contributed by atoms with Crippen LogP contribution in [0.3, 0.4) is 0 Å². The highest BCUT2D eigenvalue weighted by Gasteiger charge is 2.26. The summed E-state index contributed by atoms with van der Waals surface area (Å²) in [6, 6.07) is 6.24. The lowest BCUT2D eigenvalue weighted by Crippen LogP contribution is -3.15. The molecule has 0 bridgehead atoms. The lowest BCUT2D eigenvalue weighted by molar-refractivity contribution is -0.904. The number of nitrogens with one attached hydrogen (secondary N) is 2. The summed E-state index contributed by atoms with van der Waals surface area (Å²) in [5.74, 6) is 1.21. The Labute approximate surface area is 120 Å². The zero-order chi connectivity index (χ0) is 14.5. The molecule has 0 saturated carbocycles. The van der Waals surface area contributed by atoms with Crippen LogP contribution in [-0.2, 0) is 11.3 Å². The van der Waals surface area contributed by atoms with Crippen LogP contribution < -0.4 is 10.2 Å². The van der Waals surface area contributed by atoms with Crippen LogP contribution in [0, 0.1) is 17.7 Å². The number of halogens is 1. The summed E-state index contributed by atoms with van der Waals surface area (Å²) in [7, 11) is 0. The summed E-state index contributed by atoms with van der Waals surface area (Å²) in [5, 5.41) is 2.91. The molecule has 1 aliphatic heterocycles. The van der Waals surface area contributed by atoms with Crippen molar-refractivity contribution in [2.75, 3.05) is 19.6 Å². The lowest BCUT2D eigenvalue weighted by Gasteiger charge is -2.31. The third-order valence-corrected chi connectivity index (χ3v) is 3.89. The highest BCUT2D eigenvalue weighted by molar-refractivity contribution is 5.76. The van der Waals surface area contributed by atoms with Crippen LogP contribution >= 0.6 is 0 Å². The van der Waals surface area contributed by atoms with Gasteiger partial charge in [0.2, 0.25) is 0 Å². The molecule has 2 rings (SSSR count). The van der Waals surface area contributed by atoms with Gasteiger partial charge in [-0.2, -0.15) is 0 Å². The van der Waals surface area contributed by atoms with Gasteiger partial charge in [-0.1, -0.05) is 26.0 Å². The molecule has 2 N–H and O–H groups in total. The molecule has 20 heavy (non-hydrogen) atoms. The molecule has 3 atom stereocenters. The first-order valence-corrected chi connectivity index (χ1v) is 7.37. The number of hydrogen-bond acceptors (Lipinski definition) is 1. The van der Waals surface area contributed by atoms with Gasteiger partial charge in [0.25, 0.3) is 5.91 Å². The quantitative estimate of drug-likeness (QED) is 0.847. The van der Waals surface area contributed by atoms with Gasteiger partial charge in [0.05, 0.1) is 13.1 Å². The van der Waals surface area contributed by atoms with Gasteiger partial charge in [0.15, 0.2) is 6.54 Å². The third kappa shape index (κ3) is 4.60. The first kappa shape index (κ1) is 15.0. The van der Waals surface area contributed by atoms with Crippen molar-refractivity contribution in [2.45, 2.75) is 26.8 Å². The standard InChI is InChI=1S/C16H23FN2O/c1-12-7-13(2)10-19(9-12)11-16(20)18-8-14-3-5-15(17)6-4-14/h3-6,12-13H,7-11H2,1-2H3,(H,18,20)/p+1/t12-,13+. The molecule has 0 aromatic heterocycles. The molecule has 1 aromatic carbocycles. The zero-order valence-electron chi connectivity index (χ0n) is 12.3. The van der Waals surface area contributed by atoms with E-state index in [1.165, 1.54) is 23.5 Å². The summed E-state index contributed by atoms with van der Waals surface area (Å²) in [6.45, 7) is 7.67. The Kier molecular flexibility index (Phi) is 5.12. The van der Waals surface area contributed by atoms with Gasteiger partial charge in [-0.15, -0.1) is 0 Å². The summed E-state index contributed by atoms with van der Waals surface area (Å²) >= 11 is 0. The van der Waals surface area contributed by atoms with Crippen LogP contribution in [-0.4, -0.2) is 25.5 Å². The fourth-order valence-electron chi connectivity index (χ4n) is 3.16. The molecule has 0 radical (unpaired) electrons. The average Bonchev–Trinajstić information content (AvgIpc) is 2.37. The van der Waals surface area contributed by atoms with Crippen molar-refractivity contribution in [1.29, 1.82) is 0 Å². The Morgan fingerprint density at radius 2 is 1.85 bits per heavy atom. The van der Waals surface area contributed by atoms with E-state index in [4.69, 9.17) is 0 Å². The van der Waals surface area contributed by atoms with Crippen LogP contribution in [0.4, 0.5) is 4.39 Å². The Morgan fingerprint density at radius 3 is 2.45 bits per heavy atom. The van der Waals surface area contributed by atoms with Crippen molar-refractivity contribution >= 4 is 5.91 Å². The van der Waals surface area contributed by atoms with Gasteiger partial charge in [0, 0.05) is 18.4 Å². The van der Waals surface area contributed by atoms with Crippen molar-refractivity contribution in [3.63, 3.8) is 0 Å². The van der Waals surface area contributed by atoms with E-state index < -0.39 is 0 Å². The maximum atomic E-state index is 12.8. The Balaban J connectivity index is 1.76. The first-order chi connectivity index (χ1) is 9.52. The predicted molar refractivity (Wildman–Crippen MR) is 76.8 cm³/mol. The Hall–Kier alpha value is -1.42. The minimum absolute atomic E-state index is 0.0747. The van der Waals surface area contributed by atoms with Gasteiger partial charge >= 0.3 is 0 Å². The van der Waals surface area contributed by atoms with Gasteiger partial charge in [-0.3, -0.25) is 4.79 Å². The molecule has 1 fully saturated rings. The fraction of sp³-hybridized carbons (Fsp3) is 0.562. The molecule has 110 valence electrons. The van der Waals surface area contributed by atoms with Gasteiger partial charge in [-0.25, -0.2) is 4.39 Å². The molecule has 1 aromatic rings. The number of amides is 1. The number of benzene rings is 1. The van der Waals surface area contributed by atoms with Crippen LogP contribution in [0.25, 0.3) is 0 Å². The number of rotatable bonds is 4. The van der Waals surface area contributed by atoms with Crippen LogP contribution in [0.2, 0.25) is 0 Å². The van der Waals surface area contributed by atoms with E-state index >= 15 is 0 Å². The van der Waals surface area contributed by atoms with Crippen LogP contribution in [0.15, 0.2) is 24.3 Å². The summed E-state index contributed by atoms with van der Waals surface area (Å²) in [4.78, 5) is 13.3. The summed E-state index contributed by atoms with van der Waals surface area (Å²) < 4.78 is 12.8. The smallest absolute Gasteiger partial charge is 0.275 e. The van der Waals surface area contributed by atoms with E-state index in [0.717, 1.165) is 18.7 Å². The molecular formula is C16H24FN2O+. The van der Waals surface area contributed by atoms with Crippen LogP contribution in [0.1, 0.15) is 25.8 Å². The fourth-order valence-corrected chi connectivity index (χ4v) is 3.16. The molecule has 3 nitrogen and oxygen atoms in total. The van der Waals surface area contributed by atoms with Gasteiger partial charge in [0.1, 0.15) is 5.82 Å². The molecule has 1 amide bonds. The van der Waals surface area contributed by atoms with Crippen molar-refractivity contribution in [3.05, 3.63) is 35.6 Å². The number of hydrogen-bond donors (Lipinski definition) is 2. The highest BCUT2D eigenvalue weighted by Crippen LogP contribution is 2.11. The number of quaternary nitrogens is 1. The SMILES string of the molecule is C[C@@H]1C[C@H](C)C[NH+](CC(=O)NCc2ccc(F)cc2)C1. The minimum Gasteiger partial charge on any atom is -0.347 e.